The molecule has 1 heterocycles. The molecule has 0 saturated heterocycles. The zero-order chi connectivity index (χ0) is 18.8. The third kappa shape index (κ3) is 3.75. The summed E-state index contributed by atoms with van der Waals surface area (Å²) in [6.07, 6.45) is 1.75. The molecule has 4 rings (SSSR count). The second-order valence-electron chi connectivity index (χ2n) is 6.00. The molecule has 129 valence electrons. The monoisotopic (exact) mass is 388 g/mol. The van der Waals surface area contributed by atoms with Gasteiger partial charge in [0.25, 0.3) is 0 Å². The van der Waals surface area contributed by atoms with Gasteiger partial charge in [0.05, 0.1) is 0 Å². The van der Waals surface area contributed by atoms with E-state index in [1.165, 1.54) is 0 Å². The van der Waals surface area contributed by atoms with Gasteiger partial charge in [0, 0.05) is 0 Å². The van der Waals surface area contributed by atoms with E-state index in [2.05, 4.69) is 4.98 Å². The fraction of sp³-hybridized carbons (Fsp3) is 0. The molecule has 3 aromatic carbocycles. The average Bonchev–Trinajstić information content (AvgIpc) is 2.70. The molecule has 0 saturated carbocycles. The summed E-state index contributed by atoms with van der Waals surface area (Å²) >= 11 is 12.3. The van der Waals surface area contributed by atoms with E-state index in [9.17, 15) is 0 Å². The number of halogens is 2. The van der Waals surface area contributed by atoms with Gasteiger partial charge < -0.3 is 0 Å². The first-order valence-electron chi connectivity index (χ1n) is 8.32. The molecule has 0 N–H and O–H groups in total. The second-order valence-corrected chi connectivity index (χ2v) is 6.84. The van der Waals surface area contributed by atoms with Crippen molar-refractivity contribution in [3.05, 3.63) is 100 Å². The Balaban J connectivity index is 1.60. The maximum absolute atomic E-state index is 6.29. The van der Waals surface area contributed by atoms with Crippen LogP contribution in [0.1, 0.15) is 11.1 Å². The molecule has 27 heavy (non-hydrogen) atoms. The summed E-state index contributed by atoms with van der Waals surface area (Å²) in [5, 5.41) is 2.17. The minimum atomic E-state index is 0.555. The van der Waals surface area contributed by atoms with Gasteiger partial charge in [-0.05, 0) is 0 Å². The van der Waals surface area contributed by atoms with Crippen molar-refractivity contribution in [3.63, 3.8) is 0 Å². The third-order valence-electron chi connectivity index (χ3n) is 4.21. The Hall–Kier alpha value is -2.62. The summed E-state index contributed by atoms with van der Waals surface area (Å²) in [7, 11) is 6.29. The topological polar surface area (TPSA) is 22.1 Å². The molecule has 0 spiro atoms. The van der Waals surface area contributed by atoms with Crippen molar-refractivity contribution in [2.45, 2.75) is 0 Å². The minimum absolute atomic E-state index is 0.555. The van der Waals surface area contributed by atoms with Gasteiger partial charge in [-0.1, -0.05) is 0 Å². The van der Waals surface area contributed by atoms with Crippen LogP contribution in [-0.4, -0.2) is 17.9 Å². The van der Waals surface area contributed by atoms with E-state index in [1.807, 2.05) is 54.6 Å². The van der Waals surface area contributed by atoms with Crippen molar-refractivity contribution in [1.29, 1.82) is 0 Å². The van der Waals surface area contributed by atoms with Crippen molar-refractivity contribution in [2.24, 2.45) is 0 Å². The Morgan fingerprint density at radius 3 is 2.48 bits per heavy atom. The van der Waals surface area contributed by atoms with Gasteiger partial charge >= 0.3 is 168 Å². The first-order valence-corrected chi connectivity index (χ1v) is 9.07. The second kappa shape index (κ2) is 7.55. The standard InChI is InChI=1S/C22H13BCl2NO/c23-21(18-13-16(24)8-11-19(18)25)14-6-9-17(10-7-14)27-20-5-1-3-15-4-2-12-26-22(15)20/h1-13H. The molecule has 0 amide bonds. The zero-order valence-electron chi connectivity index (χ0n) is 14.2. The summed E-state index contributed by atoms with van der Waals surface area (Å²) in [6, 6.07) is 22.5. The fourth-order valence-electron chi connectivity index (χ4n) is 2.85. The quantitative estimate of drug-likeness (QED) is 0.395. The molecule has 0 aliphatic carbocycles. The molecule has 0 bridgehead atoms. The summed E-state index contributed by atoms with van der Waals surface area (Å²) in [5.41, 5.74) is 2.92. The third-order valence-corrected chi connectivity index (χ3v) is 4.77. The van der Waals surface area contributed by atoms with Crippen LogP contribution < -0.4 is 4.74 Å². The number of hydrogen-bond acceptors (Lipinski definition) is 2. The van der Waals surface area contributed by atoms with Crippen LogP contribution in [0.4, 0.5) is 0 Å². The molecule has 0 fully saturated rings. The van der Waals surface area contributed by atoms with E-state index in [0.29, 0.717) is 32.6 Å². The molecular formula is C22H13BCl2NO. The van der Waals surface area contributed by atoms with Crippen LogP contribution in [0.15, 0.2) is 79.0 Å². The van der Waals surface area contributed by atoms with Crippen molar-refractivity contribution in [2.75, 3.05) is 0 Å². The molecule has 2 nitrogen and oxygen atoms in total. The van der Waals surface area contributed by atoms with Gasteiger partial charge in [0.15, 0.2) is 0 Å². The van der Waals surface area contributed by atoms with Crippen LogP contribution in [0.3, 0.4) is 0 Å². The van der Waals surface area contributed by atoms with Gasteiger partial charge in [-0.15, -0.1) is 0 Å². The van der Waals surface area contributed by atoms with E-state index >= 15 is 0 Å². The number of aromatic nitrogens is 1. The number of nitrogens with zero attached hydrogens (tertiary/aromatic N) is 1. The number of para-hydroxylation sites is 1. The first kappa shape index (κ1) is 17.8. The maximum atomic E-state index is 6.29. The Morgan fingerprint density at radius 2 is 1.67 bits per heavy atom. The van der Waals surface area contributed by atoms with E-state index in [4.69, 9.17) is 35.4 Å². The molecule has 0 unspecified atom stereocenters. The van der Waals surface area contributed by atoms with E-state index in [1.54, 1.807) is 24.4 Å². The average molecular weight is 389 g/mol. The number of ether oxygens (including phenoxy) is 1. The SMILES string of the molecule is [B]=C(c1ccc(Oc2cccc3cccnc23)cc1)c1cc(Cl)ccc1Cl. The molecule has 1 aromatic heterocycles. The molecule has 0 aliphatic rings. The fourth-order valence-corrected chi connectivity index (χ4v) is 3.24. The number of benzene rings is 3. The van der Waals surface area contributed by atoms with Crippen LogP contribution in [0.5, 0.6) is 11.5 Å². The van der Waals surface area contributed by atoms with Crippen molar-refractivity contribution >= 4 is 47.1 Å². The van der Waals surface area contributed by atoms with Crippen molar-refractivity contribution in [1.82, 2.24) is 4.98 Å². The van der Waals surface area contributed by atoms with Gasteiger partial charge in [-0.2, -0.15) is 0 Å². The Kier molecular flexibility index (Phi) is 4.98. The summed E-state index contributed by atoms with van der Waals surface area (Å²) in [5.74, 6) is 1.40. The number of rotatable bonds is 4. The summed E-state index contributed by atoms with van der Waals surface area (Å²) in [4.78, 5) is 4.40. The van der Waals surface area contributed by atoms with Crippen LogP contribution in [0.25, 0.3) is 10.9 Å². The van der Waals surface area contributed by atoms with Gasteiger partial charge in [0.2, 0.25) is 0 Å². The Bertz CT molecular complexity index is 1140. The van der Waals surface area contributed by atoms with E-state index in [-0.39, 0.29) is 0 Å². The Morgan fingerprint density at radius 1 is 0.889 bits per heavy atom. The van der Waals surface area contributed by atoms with Crippen molar-refractivity contribution < 1.29 is 4.74 Å². The summed E-state index contributed by atoms with van der Waals surface area (Å²) < 4.78 is 6.02. The first-order chi connectivity index (χ1) is 13.1. The molecule has 4 aromatic rings. The van der Waals surface area contributed by atoms with Crippen LogP contribution in [0.2, 0.25) is 10.0 Å². The number of hydrogen-bond donors (Lipinski definition) is 0. The molecular weight excluding hydrogens is 376 g/mol. The predicted octanol–water partition coefficient (Wildman–Crippen LogP) is 6.07. The number of fused-ring (bicyclic) bond motifs is 1. The molecule has 5 heteroatoms. The predicted molar refractivity (Wildman–Crippen MR) is 114 cm³/mol. The zero-order valence-corrected chi connectivity index (χ0v) is 15.7. The van der Waals surface area contributed by atoms with E-state index < -0.39 is 0 Å². The molecule has 1 radical (unpaired) electrons. The number of pyridine rings is 1. The van der Waals surface area contributed by atoms with Gasteiger partial charge in [0.1, 0.15) is 0 Å². The van der Waals surface area contributed by atoms with Crippen LogP contribution in [0, 0.1) is 0 Å². The van der Waals surface area contributed by atoms with Gasteiger partial charge in [-0.3, -0.25) is 0 Å². The van der Waals surface area contributed by atoms with Crippen LogP contribution in [-0.2, 0) is 0 Å². The molecule has 0 aliphatic heterocycles. The normalized spacial score (nSPS) is 10.7. The van der Waals surface area contributed by atoms with Crippen molar-refractivity contribution in [3.8, 4) is 11.5 Å². The summed E-state index contributed by atoms with van der Waals surface area (Å²) in [6.45, 7) is 0. The Labute approximate surface area is 168 Å². The van der Waals surface area contributed by atoms with E-state index in [0.717, 1.165) is 16.5 Å². The van der Waals surface area contributed by atoms with Gasteiger partial charge in [-0.25, -0.2) is 0 Å². The molecule has 0 atom stereocenters. The van der Waals surface area contributed by atoms with Crippen LogP contribution >= 0.6 is 23.2 Å².